The Labute approximate surface area is 121 Å². The molecule has 0 spiro atoms. The van der Waals surface area contributed by atoms with E-state index in [1.807, 2.05) is 35.2 Å². The van der Waals surface area contributed by atoms with Crippen LogP contribution in [0.4, 0.5) is 10.5 Å². The predicted molar refractivity (Wildman–Crippen MR) is 82.9 cm³/mol. The Morgan fingerprint density at radius 3 is 2.75 bits per heavy atom. The van der Waals surface area contributed by atoms with E-state index in [0.29, 0.717) is 12.0 Å². The first-order chi connectivity index (χ1) is 9.56. The van der Waals surface area contributed by atoms with Crippen LogP contribution in [0.5, 0.6) is 0 Å². The molecule has 1 fully saturated rings. The van der Waals surface area contributed by atoms with Gasteiger partial charge in [-0.3, -0.25) is 0 Å². The number of rotatable bonds is 3. The van der Waals surface area contributed by atoms with Gasteiger partial charge in [0.2, 0.25) is 0 Å². The van der Waals surface area contributed by atoms with Crippen molar-refractivity contribution in [3.8, 4) is 0 Å². The van der Waals surface area contributed by atoms with E-state index in [0.717, 1.165) is 25.2 Å². The second kappa shape index (κ2) is 6.75. The lowest BCUT2D eigenvalue weighted by atomic mass is 10.0. The summed E-state index contributed by atoms with van der Waals surface area (Å²) >= 11 is 0. The molecule has 2 unspecified atom stereocenters. The number of nitrogens with one attached hydrogen (secondary N) is 2. The van der Waals surface area contributed by atoms with Crippen LogP contribution in [0.15, 0.2) is 30.3 Å². The highest BCUT2D eigenvalue weighted by atomic mass is 16.2. The third kappa shape index (κ3) is 3.97. The van der Waals surface area contributed by atoms with Crippen LogP contribution in [0.3, 0.4) is 0 Å². The van der Waals surface area contributed by atoms with Gasteiger partial charge >= 0.3 is 6.03 Å². The van der Waals surface area contributed by atoms with Crippen molar-refractivity contribution in [1.29, 1.82) is 0 Å². The summed E-state index contributed by atoms with van der Waals surface area (Å²) in [7, 11) is 0. The van der Waals surface area contributed by atoms with E-state index in [1.54, 1.807) is 0 Å². The smallest absolute Gasteiger partial charge is 0.319 e. The monoisotopic (exact) mass is 275 g/mol. The molecule has 2 amide bonds. The van der Waals surface area contributed by atoms with Gasteiger partial charge in [0, 0.05) is 30.9 Å². The van der Waals surface area contributed by atoms with E-state index >= 15 is 0 Å². The number of hydrogen-bond acceptors (Lipinski definition) is 2. The molecule has 2 atom stereocenters. The molecule has 1 saturated heterocycles. The highest BCUT2D eigenvalue weighted by Gasteiger charge is 2.28. The second-order valence-electron chi connectivity index (χ2n) is 6.03. The largest absolute Gasteiger partial charge is 0.322 e. The van der Waals surface area contributed by atoms with Crippen molar-refractivity contribution in [3.05, 3.63) is 30.3 Å². The molecule has 2 N–H and O–H groups in total. The van der Waals surface area contributed by atoms with Crippen molar-refractivity contribution in [1.82, 2.24) is 10.2 Å². The van der Waals surface area contributed by atoms with Crippen molar-refractivity contribution < 1.29 is 4.79 Å². The summed E-state index contributed by atoms with van der Waals surface area (Å²) in [6.45, 7) is 8.16. The number of amides is 2. The van der Waals surface area contributed by atoms with Crippen LogP contribution in [0, 0.1) is 5.92 Å². The fourth-order valence-corrected chi connectivity index (χ4v) is 2.66. The molecule has 0 radical (unpaired) electrons. The van der Waals surface area contributed by atoms with Crippen LogP contribution in [-0.2, 0) is 0 Å². The minimum absolute atomic E-state index is 0.000967. The van der Waals surface area contributed by atoms with Crippen molar-refractivity contribution in [2.45, 2.75) is 39.3 Å². The normalized spacial score (nSPS) is 22.9. The van der Waals surface area contributed by atoms with Gasteiger partial charge in [-0.1, -0.05) is 32.0 Å². The lowest BCUT2D eigenvalue weighted by Crippen LogP contribution is -2.58. The fraction of sp³-hybridized carbons (Fsp3) is 0.562. The zero-order chi connectivity index (χ0) is 14.5. The summed E-state index contributed by atoms with van der Waals surface area (Å²) in [5.41, 5.74) is 0.851. The molecule has 1 aliphatic rings. The zero-order valence-corrected chi connectivity index (χ0v) is 12.6. The lowest BCUT2D eigenvalue weighted by molar-refractivity contribution is 0.151. The number of carbonyl (C=O) groups excluding carboxylic acids is 1. The van der Waals surface area contributed by atoms with E-state index in [4.69, 9.17) is 0 Å². The number of benzene rings is 1. The van der Waals surface area contributed by atoms with Crippen molar-refractivity contribution in [2.24, 2.45) is 5.92 Å². The maximum absolute atomic E-state index is 12.4. The highest BCUT2D eigenvalue weighted by Crippen LogP contribution is 2.15. The van der Waals surface area contributed by atoms with Gasteiger partial charge in [-0.15, -0.1) is 0 Å². The van der Waals surface area contributed by atoms with Crippen molar-refractivity contribution >= 4 is 11.7 Å². The average molecular weight is 275 g/mol. The van der Waals surface area contributed by atoms with E-state index in [9.17, 15) is 4.79 Å². The molecule has 0 bridgehead atoms. The average Bonchev–Trinajstić information content (AvgIpc) is 2.41. The van der Waals surface area contributed by atoms with Gasteiger partial charge in [0.25, 0.3) is 0 Å². The number of hydrogen-bond donors (Lipinski definition) is 2. The van der Waals surface area contributed by atoms with Gasteiger partial charge in [0.05, 0.1) is 0 Å². The van der Waals surface area contributed by atoms with Crippen LogP contribution < -0.4 is 10.6 Å². The first-order valence-corrected chi connectivity index (χ1v) is 7.42. The molecule has 1 aliphatic heterocycles. The van der Waals surface area contributed by atoms with Crippen molar-refractivity contribution in [3.63, 3.8) is 0 Å². The summed E-state index contributed by atoms with van der Waals surface area (Å²) in [4.78, 5) is 14.3. The number of anilines is 1. The Kier molecular flexibility index (Phi) is 5.01. The topological polar surface area (TPSA) is 44.4 Å². The molecule has 0 aliphatic carbocycles. The molecule has 1 aromatic carbocycles. The molecule has 110 valence electrons. The van der Waals surface area contributed by atoms with Gasteiger partial charge in [0.15, 0.2) is 0 Å². The molecule has 2 rings (SSSR count). The van der Waals surface area contributed by atoms with Gasteiger partial charge < -0.3 is 15.5 Å². The third-order valence-electron chi connectivity index (χ3n) is 3.69. The Morgan fingerprint density at radius 1 is 1.40 bits per heavy atom. The molecule has 1 heterocycles. The Bertz CT molecular complexity index is 433. The zero-order valence-electron chi connectivity index (χ0n) is 12.6. The number of nitrogens with zero attached hydrogens (tertiary/aromatic N) is 1. The third-order valence-corrected chi connectivity index (χ3v) is 3.69. The standard InChI is InChI=1S/C16H25N3O/c1-12(2)9-15-11-19(13(3)10-17-15)16(20)18-14-7-5-4-6-8-14/h4-8,12-13,15,17H,9-11H2,1-3H3,(H,18,20). The van der Waals surface area contributed by atoms with Gasteiger partial charge in [-0.05, 0) is 31.4 Å². The fourth-order valence-electron chi connectivity index (χ4n) is 2.66. The number of piperazine rings is 1. The molecule has 20 heavy (non-hydrogen) atoms. The SMILES string of the molecule is CC(C)CC1CN(C(=O)Nc2ccccc2)C(C)CN1. The maximum Gasteiger partial charge on any atom is 0.322 e. The van der Waals surface area contributed by atoms with E-state index < -0.39 is 0 Å². The summed E-state index contributed by atoms with van der Waals surface area (Å²) in [6, 6.07) is 10.2. The van der Waals surface area contributed by atoms with Gasteiger partial charge in [-0.2, -0.15) is 0 Å². The van der Waals surface area contributed by atoms with Crippen LogP contribution in [-0.4, -0.2) is 36.1 Å². The summed E-state index contributed by atoms with van der Waals surface area (Å²) in [6.07, 6.45) is 1.10. The Morgan fingerprint density at radius 2 is 2.10 bits per heavy atom. The minimum atomic E-state index is -0.000967. The van der Waals surface area contributed by atoms with Crippen LogP contribution in [0.25, 0.3) is 0 Å². The molecule has 4 nitrogen and oxygen atoms in total. The lowest BCUT2D eigenvalue weighted by Gasteiger charge is -2.39. The Hall–Kier alpha value is -1.55. The Balaban J connectivity index is 1.96. The van der Waals surface area contributed by atoms with E-state index in [1.165, 1.54) is 0 Å². The van der Waals surface area contributed by atoms with Crippen molar-refractivity contribution in [2.75, 3.05) is 18.4 Å². The van der Waals surface area contributed by atoms with E-state index in [2.05, 4.69) is 31.4 Å². The van der Waals surface area contributed by atoms with E-state index in [-0.39, 0.29) is 12.1 Å². The predicted octanol–water partition coefficient (Wildman–Crippen LogP) is 2.93. The quantitative estimate of drug-likeness (QED) is 0.891. The number of urea groups is 1. The highest BCUT2D eigenvalue weighted by molar-refractivity contribution is 5.89. The summed E-state index contributed by atoms with van der Waals surface area (Å²) in [5, 5.41) is 6.50. The number of carbonyl (C=O) groups is 1. The summed E-state index contributed by atoms with van der Waals surface area (Å²) in [5.74, 6) is 0.639. The van der Waals surface area contributed by atoms with Crippen LogP contribution in [0.2, 0.25) is 0 Å². The molecule has 4 heteroatoms. The van der Waals surface area contributed by atoms with Crippen LogP contribution in [0.1, 0.15) is 27.2 Å². The second-order valence-corrected chi connectivity index (χ2v) is 6.03. The molecular formula is C16H25N3O. The molecular weight excluding hydrogens is 250 g/mol. The molecule has 1 aromatic rings. The first kappa shape index (κ1) is 14.9. The molecule has 0 saturated carbocycles. The minimum Gasteiger partial charge on any atom is -0.319 e. The molecule has 0 aromatic heterocycles. The van der Waals surface area contributed by atoms with Gasteiger partial charge in [0.1, 0.15) is 0 Å². The first-order valence-electron chi connectivity index (χ1n) is 7.42. The number of para-hydroxylation sites is 1. The van der Waals surface area contributed by atoms with Gasteiger partial charge in [-0.25, -0.2) is 4.79 Å². The maximum atomic E-state index is 12.4. The van der Waals surface area contributed by atoms with Crippen LogP contribution >= 0.6 is 0 Å². The summed E-state index contributed by atoms with van der Waals surface area (Å²) < 4.78 is 0.